The third kappa shape index (κ3) is 3.73. The first-order chi connectivity index (χ1) is 19.2. The summed E-state index contributed by atoms with van der Waals surface area (Å²) in [5, 5.41) is 57.1. The summed E-state index contributed by atoms with van der Waals surface area (Å²) in [4.78, 5) is 42.9. The molecule has 0 bridgehead atoms. The number of aliphatic hydroxyl groups excluding tert-OH is 3. The fourth-order valence-corrected chi connectivity index (χ4v) is 6.89. The van der Waals surface area contributed by atoms with Gasteiger partial charge >= 0.3 is 0 Å². The van der Waals surface area contributed by atoms with Crippen molar-refractivity contribution in [1.82, 2.24) is 4.90 Å². The number of hydrogen-bond donors (Lipinski definition) is 6. The Labute approximate surface area is 236 Å². The van der Waals surface area contributed by atoms with Gasteiger partial charge in [0.1, 0.15) is 22.8 Å². The first kappa shape index (κ1) is 28.3. The molecule has 11 heteroatoms. The standard InChI is InChI=1S/C30H33N3O8/c1-12-17-15(13-6-8-14(9-7-13)32(2)3)10-11-16(34)19(17)24(35)20-18(12)25(36)22-23(33(4)5)26(37)21(29(31)40)28(39)30(22,41)27(20)38/h6-12,18,22-23,25,34-36,39,41H,1-5H3,(H2,31,40). The largest absolute Gasteiger partial charge is 0.508 e. The molecule has 6 atom stereocenters. The number of aromatic hydroxyl groups is 1. The van der Waals surface area contributed by atoms with E-state index < -0.39 is 75.6 Å². The van der Waals surface area contributed by atoms with Crippen LogP contribution >= 0.6 is 0 Å². The maximum atomic E-state index is 14.1. The lowest BCUT2D eigenvalue weighted by molar-refractivity contribution is -0.169. The molecule has 3 aliphatic carbocycles. The Hall–Kier alpha value is -4.19. The highest BCUT2D eigenvalue weighted by molar-refractivity contribution is 6.24. The zero-order chi connectivity index (χ0) is 30.3. The van der Waals surface area contributed by atoms with Gasteiger partial charge in [0, 0.05) is 31.3 Å². The van der Waals surface area contributed by atoms with Crippen molar-refractivity contribution in [3.05, 3.63) is 64.4 Å². The molecular formula is C30H33N3O8. The number of anilines is 1. The fraction of sp³-hybridized carbons (Fsp3) is 0.367. The van der Waals surface area contributed by atoms with E-state index in [4.69, 9.17) is 5.73 Å². The molecule has 0 aliphatic heterocycles. The minimum Gasteiger partial charge on any atom is -0.508 e. The molecule has 1 fully saturated rings. The van der Waals surface area contributed by atoms with Gasteiger partial charge in [-0.3, -0.25) is 19.3 Å². The zero-order valence-corrected chi connectivity index (χ0v) is 23.3. The lowest BCUT2D eigenvalue weighted by atomic mass is 9.54. The van der Waals surface area contributed by atoms with Crippen LogP contribution in [0.3, 0.4) is 0 Å². The lowest BCUT2D eigenvalue weighted by Crippen LogP contribution is -2.70. The van der Waals surface area contributed by atoms with Gasteiger partial charge in [-0.05, 0) is 54.9 Å². The van der Waals surface area contributed by atoms with Crippen molar-refractivity contribution < 1.29 is 39.9 Å². The van der Waals surface area contributed by atoms with Gasteiger partial charge in [-0.15, -0.1) is 0 Å². The van der Waals surface area contributed by atoms with Crippen LogP contribution in [0.1, 0.15) is 24.0 Å². The fourth-order valence-electron chi connectivity index (χ4n) is 6.89. The van der Waals surface area contributed by atoms with E-state index >= 15 is 0 Å². The molecule has 3 aliphatic rings. The van der Waals surface area contributed by atoms with Crippen LogP contribution in [0.2, 0.25) is 0 Å². The summed E-state index contributed by atoms with van der Waals surface area (Å²) >= 11 is 0. The Morgan fingerprint density at radius 3 is 2.12 bits per heavy atom. The van der Waals surface area contributed by atoms with Gasteiger partial charge < -0.3 is 36.2 Å². The van der Waals surface area contributed by atoms with Crippen LogP contribution in [0.5, 0.6) is 5.75 Å². The molecule has 41 heavy (non-hydrogen) atoms. The van der Waals surface area contributed by atoms with Gasteiger partial charge in [-0.25, -0.2) is 0 Å². The molecule has 2 aromatic rings. The third-order valence-corrected chi connectivity index (χ3v) is 8.80. The molecule has 5 rings (SSSR count). The number of amides is 1. The van der Waals surface area contributed by atoms with Crippen molar-refractivity contribution >= 4 is 28.9 Å². The molecule has 2 aromatic carbocycles. The van der Waals surface area contributed by atoms with Gasteiger partial charge in [0.2, 0.25) is 5.78 Å². The van der Waals surface area contributed by atoms with E-state index in [2.05, 4.69) is 0 Å². The van der Waals surface area contributed by atoms with Gasteiger partial charge in [0.05, 0.1) is 23.6 Å². The van der Waals surface area contributed by atoms with Crippen molar-refractivity contribution in [1.29, 1.82) is 0 Å². The average Bonchev–Trinajstić information content (AvgIpc) is 2.90. The van der Waals surface area contributed by atoms with E-state index in [1.807, 2.05) is 43.3 Å². The Kier molecular flexibility index (Phi) is 6.52. The summed E-state index contributed by atoms with van der Waals surface area (Å²) in [5.41, 5.74) is 3.81. The molecule has 0 heterocycles. The number of nitrogens with zero attached hydrogens (tertiary/aromatic N) is 2. The SMILES string of the molecule is CC1c2c(-c3ccc(N(C)C)cc3)ccc(O)c2C(O)=C2C(=O)C3(O)C(O)=C(C(N)=O)C(=O)C(N(C)C)C3C(O)C21. The highest BCUT2D eigenvalue weighted by Crippen LogP contribution is 2.57. The predicted octanol–water partition coefficient (Wildman–Crippen LogP) is 1.23. The molecule has 6 unspecified atom stereocenters. The highest BCUT2D eigenvalue weighted by atomic mass is 16.4. The average molecular weight is 564 g/mol. The van der Waals surface area contributed by atoms with Gasteiger partial charge in [0.25, 0.3) is 5.91 Å². The van der Waals surface area contributed by atoms with E-state index in [0.29, 0.717) is 11.1 Å². The van der Waals surface area contributed by atoms with Crippen molar-refractivity contribution in [3.8, 4) is 16.9 Å². The van der Waals surface area contributed by atoms with Crippen LogP contribution in [0, 0.1) is 11.8 Å². The topological polar surface area (TPSA) is 185 Å². The van der Waals surface area contributed by atoms with Crippen molar-refractivity contribution in [2.75, 3.05) is 33.1 Å². The molecule has 1 amide bonds. The molecule has 0 spiro atoms. The van der Waals surface area contributed by atoms with E-state index in [0.717, 1.165) is 11.3 Å². The van der Waals surface area contributed by atoms with E-state index in [1.165, 1.54) is 25.1 Å². The number of phenols is 1. The quantitative estimate of drug-likeness (QED) is 0.296. The number of nitrogens with two attached hydrogens (primary N) is 1. The molecule has 7 N–H and O–H groups in total. The number of ketones is 2. The molecule has 216 valence electrons. The minimum absolute atomic E-state index is 0.0461. The second-order valence-electron chi connectivity index (χ2n) is 11.4. The van der Waals surface area contributed by atoms with Gasteiger partial charge in [-0.2, -0.15) is 0 Å². The number of fused-ring (bicyclic) bond motifs is 3. The van der Waals surface area contributed by atoms with Gasteiger partial charge in [-0.1, -0.05) is 25.1 Å². The number of rotatable bonds is 4. The summed E-state index contributed by atoms with van der Waals surface area (Å²) in [6.07, 6.45) is -1.66. The van der Waals surface area contributed by atoms with Crippen LogP contribution in [0.25, 0.3) is 16.9 Å². The molecule has 0 aromatic heterocycles. The number of Topliss-reactive ketones (excluding diaryl/α,β-unsaturated/α-hetero) is 2. The lowest BCUT2D eigenvalue weighted by Gasteiger charge is -2.53. The summed E-state index contributed by atoms with van der Waals surface area (Å²) in [6.45, 7) is 1.72. The molecule has 1 saturated carbocycles. The van der Waals surface area contributed by atoms with Gasteiger partial charge in [0.15, 0.2) is 11.4 Å². The maximum Gasteiger partial charge on any atom is 0.255 e. The van der Waals surface area contributed by atoms with Crippen LogP contribution in [0.15, 0.2) is 53.3 Å². The number of carbonyl (C=O) groups is 3. The number of likely N-dealkylation sites (N-methyl/N-ethyl adjacent to an activating group) is 1. The van der Waals surface area contributed by atoms with Crippen LogP contribution < -0.4 is 10.6 Å². The summed E-state index contributed by atoms with van der Waals surface area (Å²) in [7, 11) is 6.75. The number of benzene rings is 2. The van der Waals surface area contributed by atoms with E-state index in [1.54, 1.807) is 13.0 Å². The first-order valence-electron chi connectivity index (χ1n) is 13.1. The number of aliphatic hydroxyl groups is 4. The summed E-state index contributed by atoms with van der Waals surface area (Å²) in [5.74, 6) is -9.21. The number of phenolic OH excluding ortho intramolecular Hbond substituents is 1. The molecule has 0 radical (unpaired) electrons. The van der Waals surface area contributed by atoms with Crippen molar-refractivity contribution in [2.24, 2.45) is 17.6 Å². The van der Waals surface area contributed by atoms with Crippen molar-refractivity contribution in [3.63, 3.8) is 0 Å². The normalized spacial score (nSPS) is 29.3. The minimum atomic E-state index is -2.95. The second kappa shape index (κ2) is 9.44. The first-order valence-corrected chi connectivity index (χ1v) is 13.1. The second-order valence-corrected chi connectivity index (χ2v) is 11.4. The maximum absolute atomic E-state index is 14.1. The number of carbonyl (C=O) groups excluding carboxylic acids is 3. The summed E-state index contributed by atoms with van der Waals surface area (Å²) in [6, 6.07) is 9.22. The zero-order valence-electron chi connectivity index (χ0n) is 23.3. The Balaban J connectivity index is 1.79. The highest BCUT2D eigenvalue weighted by Gasteiger charge is 2.68. The Bertz CT molecular complexity index is 1560. The van der Waals surface area contributed by atoms with Crippen molar-refractivity contribution in [2.45, 2.75) is 30.6 Å². The Morgan fingerprint density at radius 2 is 1.59 bits per heavy atom. The van der Waals surface area contributed by atoms with Crippen LogP contribution in [0.4, 0.5) is 5.69 Å². The van der Waals surface area contributed by atoms with E-state index in [9.17, 15) is 39.9 Å². The summed E-state index contributed by atoms with van der Waals surface area (Å²) < 4.78 is 0. The van der Waals surface area contributed by atoms with Crippen LogP contribution in [-0.2, 0) is 14.4 Å². The predicted molar refractivity (Wildman–Crippen MR) is 150 cm³/mol. The molecular weight excluding hydrogens is 530 g/mol. The molecule has 0 saturated heterocycles. The van der Waals surface area contributed by atoms with E-state index in [-0.39, 0.29) is 11.3 Å². The smallest absolute Gasteiger partial charge is 0.255 e. The monoisotopic (exact) mass is 563 g/mol. The van der Waals surface area contributed by atoms with Crippen LogP contribution in [-0.4, -0.2) is 93.8 Å². The third-order valence-electron chi connectivity index (χ3n) is 8.80. The number of hydrogen-bond acceptors (Lipinski definition) is 10. The Morgan fingerprint density at radius 1 is 0.976 bits per heavy atom. The number of primary amides is 1. The molecule has 11 nitrogen and oxygen atoms in total.